The van der Waals surface area contributed by atoms with Gasteiger partial charge in [0.05, 0.1) is 11.8 Å². The molecule has 0 aliphatic heterocycles. The Morgan fingerprint density at radius 2 is 2.22 bits per heavy atom. The molecule has 0 spiro atoms. The second-order valence-electron chi connectivity index (χ2n) is 5.58. The fraction of sp³-hybridized carbons (Fsp3) is 0.786. The zero-order valence-corrected chi connectivity index (χ0v) is 11.5. The van der Waals surface area contributed by atoms with Gasteiger partial charge in [0, 0.05) is 19.3 Å². The summed E-state index contributed by atoms with van der Waals surface area (Å²) in [5, 5.41) is 18.2. The normalized spacial score (nSPS) is 28.5. The lowest BCUT2D eigenvalue weighted by Crippen LogP contribution is -2.41. The van der Waals surface area contributed by atoms with Crippen LogP contribution in [0.5, 0.6) is 0 Å². The van der Waals surface area contributed by atoms with Gasteiger partial charge in [-0.3, -0.25) is 4.68 Å². The number of hydrogen-bond donors (Lipinski definition) is 2. The first kappa shape index (κ1) is 13.6. The van der Waals surface area contributed by atoms with Crippen molar-refractivity contribution < 1.29 is 5.11 Å². The van der Waals surface area contributed by atoms with Crippen LogP contribution in [-0.4, -0.2) is 33.1 Å². The molecule has 1 aromatic rings. The lowest BCUT2D eigenvalue weighted by molar-refractivity contribution is -0.0105. The number of aliphatic hydroxyl groups is 1. The number of aryl methyl sites for hydroxylation is 2. The smallest absolute Gasteiger partial charge is 0.0652 e. The van der Waals surface area contributed by atoms with E-state index in [0.717, 1.165) is 45.1 Å². The minimum absolute atomic E-state index is 0.457. The second-order valence-corrected chi connectivity index (χ2v) is 5.58. The van der Waals surface area contributed by atoms with Gasteiger partial charge < -0.3 is 10.4 Å². The van der Waals surface area contributed by atoms with Crippen molar-refractivity contribution in [2.45, 2.75) is 57.1 Å². The molecule has 2 N–H and O–H groups in total. The predicted octanol–water partition coefficient (Wildman–Crippen LogP) is 1.64. The van der Waals surface area contributed by atoms with E-state index in [9.17, 15) is 5.11 Å². The van der Waals surface area contributed by atoms with E-state index in [2.05, 4.69) is 17.3 Å². The van der Waals surface area contributed by atoms with Crippen molar-refractivity contribution in [2.24, 2.45) is 7.05 Å². The molecular formula is C14H25N3O. The molecule has 2 rings (SSSR count). The van der Waals surface area contributed by atoms with Gasteiger partial charge in [-0.1, -0.05) is 6.92 Å². The highest BCUT2D eigenvalue weighted by molar-refractivity contribution is 5.05. The lowest BCUT2D eigenvalue weighted by Gasteiger charge is -2.36. The standard InChI is InChI=1S/C14H25N3O/c1-3-15-13-5-8-14(18,9-6-13)7-4-12-10-16-17(2)11-12/h10-11,13,15,18H,3-9H2,1-2H3. The van der Waals surface area contributed by atoms with Crippen LogP contribution < -0.4 is 5.32 Å². The predicted molar refractivity (Wildman–Crippen MR) is 72.4 cm³/mol. The van der Waals surface area contributed by atoms with Crippen LogP contribution in [0.2, 0.25) is 0 Å². The number of aromatic nitrogens is 2. The average molecular weight is 251 g/mol. The maximum Gasteiger partial charge on any atom is 0.0652 e. The van der Waals surface area contributed by atoms with E-state index in [1.165, 1.54) is 5.56 Å². The Morgan fingerprint density at radius 1 is 1.50 bits per heavy atom. The number of rotatable bonds is 5. The van der Waals surface area contributed by atoms with Crippen LogP contribution in [0, 0.1) is 0 Å². The fourth-order valence-corrected chi connectivity index (χ4v) is 2.88. The first-order valence-corrected chi connectivity index (χ1v) is 7.04. The van der Waals surface area contributed by atoms with E-state index in [1.807, 2.05) is 24.1 Å². The van der Waals surface area contributed by atoms with E-state index < -0.39 is 5.60 Å². The van der Waals surface area contributed by atoms with Crippen molar-refractivity contribution in [1.82, 2.24) is 15.1 Å². The second kappa shape index (κ2) is 5.85. The summed E-state index contributed by atoms with van der Waals surface area (Å²) in [5.41, 5.74) is 0.765. The summed E-state index contributed by atoms with van der Waals surface area (Å²) >= 11 is 0. The molecule has 0 amide bonds. The van der Waals surface area contributed by atoms with E-state index in [1.54, 1.807) is 0 Å². The SMILES string of the molecule is CCNC1CCC(O)(CCc2cnn(C)c2)CC1. The van der Waals surface area contributed by atoms with E-state index >= 15 is 0 Å². The third kappa shape index (κ3) is 3.56. The van der Waals surface area contributed by atoms with Crippen molar-refractivity contribution in [1.29, 1.82) is 0 Å². The molecule has 102 valence electrons. The van der Waals surface area contributed by atoms with Crippen molar-refractivity contribution in [3.05, 3.63) is 18.0 Å². The zero-order chi connectivity index (χ0) is 13.0. The molecule has 0 bridgehead atoms. The first-order valence-electron chi connectivity index (χ1n) is 7.04. The van der Waals surface area contributed by atoms with Gasteiger partial charge in [0.2, 0.25) is 0 Å². The van der Waals surface area contributed by atoms with Gasteiger partial charge in [0.1, 0.15) is 0 Å². The highest BCUT2D eigenvalue weighted by Crippen LogP contribution is 2.32. The molecule has 1 saturated carbocycles. The molecule has 1 heterocycles. The highest BCUT2D eigenvalue weighted by atomic mass is 16.3. The van der Waals surface area contributed by atoms with Crippen LogP contribution in [-0.2, 0) is 13.5 Å². The molecule has 1 fully saturated rings. The Morgan fingerprint density at radius 3 is 2.78 bits per heavy atom. The van der Waals surface area contributed by atoms with Crippen LogP contribution in [0.15, 0.2) is 12.4 Å². The lowest BCUT2D eigenvalue weighted by atomic mass is 9.79. The average Bonchev–Trinajstić information content (AvgIpc) is 2.77. The summed E-state index contributed by atoms with van der Waals surface area (Å²) in [7, 11) is 1.93. The molecule has 0 atom stereocenters. The van der Waals surface area contributed by atoms with Crippen LogP contribution in [0.25, 0.3) is 0 Å². The minimum atomic E-state index is -0.457. The Balaban J connectivity index is 1.79. The molecule has 0 aromatic carbocycles. The third-order valence-electron chi connectivity index (χ3n) is 4.05. The van der Waals surface area contributed by atoms with Gasteiger partial charge in [0.15, 0.2) is 0 Å². The van der Waals surface area contributed by atoms with Crippen LogP contribution >= 0.6 is 0 Å². The molecule has 1 aliphatic carbocycles. The van der Waals surface area contributed by atoms with Crippen LogP contribution in [0.4, 0.5) is 0 Å². The Hall–Kier alpha value is -0.870. The maximum absolute atomic E-state index is 10.6. The summed E-state index contributed by atoms with van der Waals surface area (Å²) < 4.78 is 1.82. The molecule has 1 aromatic heterocycles. The van der Waals surface area contributed by atoms with Gasteiger partial charge in [0.25, 0.3) is 0 Å². The van der Waals surface area contributed by atoms with E-state index in [4.69, 9.17) is 0 Å². The number of nitrogens with zero attached hydrogens (tertiary/aromatic N) is 2. The quantitative estimate of drug-likeness (QED) is 0.836. The molecular weight excluding hydrogens is 226 g/mol. The monoisotopic (exact) mass is 251 g/mol. The molecule has 18 heavy (non-hydrogen) atoms. The first-order chi connectivity index (χ1) is 8.61. The van der Waals surface area contributed by atoms with Crippen LogP contribution in [0.1, 0.15) is 44.6 Å². The van der Waals surface area contributed by atoms with Gasteiger partial charge in [-0.05, 0) is 50.6 Å². The van der Waals surface area contributed by atoms with Crippen molar-refractivity contribution in [2.75, 3.05) is 6.54 Å². The summed E-state index contributed by atoms with van der Waals surface area (Å²) in [6, 6.07) is 0.605. The van der Waals surface area contributed by atoms with Crippen LogP contribution in [0.3, 0.4) is 0 Å². The number of nitrogens with one attached hydrogen (secondary N) is 1. The fourth-order valence-electron chi connectivity index (χ4n) is 2.88. The number of hydrogen-bond acceptors (Lipinski definition) is 3. The molecule has 0 unspecified atom stereocenters. The van der Waals surface area contributed by atoms with Crippen molar-refractivity contribution in [3.63, 3.8) is 0 Å². The Bertz CT molecular complexity index is 367. The van der Waals surface area contributed by atoms with Crippen molar-refractivity contribution >= 4 is 0 Å². The molecule has 1 aliphatic rings. The van der Waals surface area contributed by atoms with Gasteiger partial charge in [-0.15, -0.1) is 0 Å². The minimum Gasteiger partial charge on any atom is -0.390 e. The Kier molecular flexibility index (Phi) is 4.40. The summed E-state index contributed by atoms with van der Waals surface area (Å²) in [6.07, 6.45) is 9.75. The largest absolute Gasteiger partial charge is 0.390 e. The zero-order valence-electron chi connectivity index (χ0n) is 11.5. The van der Waals surface area contributed by atoms with E-state index in [0.29, 0.717) is 6.04 Å². The topological polar surface area (TPSA) is 50.1 Å². The van der Waals surface area contributed by atoms with Gasteiger partial charge >= 0.3 is 0 Å². The summed E-state index contributed by atoms with van der Waals surface area (Å²) in [4.78, 5) is 0. The molecule has 0 radical (unpaired) electrons. The van der Waals surface area contributed by atoms with Gasteiger partial charge in [-0.25, -0.2) is 0 Å². The Labute approximate surface area is 109 Å². The molecule has 4 heteroatoms. The third-order valence-corrected chi connectivity index (χ3v) is 4.05. The highest BCUT2D eigenvalue weighted by Gasteiger charge is 2.32. The van der Waals surface area contributed by atoms with Gasteiger partial charge in [-0.2, -0.15) is 5.10 Å². The maximum atomic E-state index is 10.6. The summed E-state index contributed by atoms with van der Waals surface area (Å²) in [6.45, 7) is 3.17. The molecule has 4 nitrogen and oxygen atoms in total. The molecule has 0 saturated heterocycles. The summed E-state index contributed by atoms with van der Waals surface area (Å²) in [5.74, 6) is 0. The van der Waals surface area contributed by atoms with E-state index in [-0.39, 0.29) is 0 Å². The van der Waals surface area contributed by atoms with Crippen molar-refractivity contribution in [3.8, 4) is 0 Å².